The largest absolute Gasteiger partial charge is 0.461 e. The number of rotatable bonds is 5. The van der Waals surface area contributed by atoms with Gasteiger partial charge < -0.3 is 9.72 Å². The summed E-state index contributed by atoms with van der Waals surface area (Å²) < 4.78 is 46.0. The number of imidazole rings is 1. The summed E-state index contributed by atoms with van der Waals surface area (Å²) >= 11 is 0. The van der Waals surface area contributed by atoms with Gasteiger partial charge in [0.05, 0.1) is 11.5 Å². The molecule has 2 aromatic carbocycles. The van der Waals surface area contributed by atoms with E-state index >= 15 is 0 Å². The Labute approximate surface area is 155 Å². The van der Waals surface area contributed by atoms with E-state index < -0.39 is 33.9 Å². The molecule has 7 nitrogen and oxygen atoms in total. The summed E-state index contributed by atoms with van der Waals surface area (Å²) in [4.78, 5) is 29.2. The van der Waals surface area contributed by atoms with Crippen LogP contribution in [0.5, 0.6) is 0 Å². The number of H-pyrrole nitrogens is 1. The van der Waals surface area contributed by atoms with E-state index in [1.165, 1.54) is 24.3 Å². The molecule has 0 radical (unpaired) electrons. The van der Waals surface area contributed by atoms with E-state index in [9.17, 15) is 28.1 Å². The highest BCUT2D eigenvalue weighted by molar-refractivity contribution is 5.95. The number of carbonyl (C=O) groups excluding carboxylic acids is 1. The summed E-state index contributed by atoms with van der Waals surface area (Å²) in [5, 5.41) is 10.8. The summed E-state index contributed by atoms with van der Waals surface area (Å²) in [5.74, 6) is -5.40. The smallest absolute Gasteiger partial charge is 0.357 e. The van der Waals surface area contributed by atoms with E-state index in [1.54, 1.807) is 6.92 Å². The van der Waals surface area contributed by atoms with E-state index in [2.05, 4.69) is 9.97 Å². The number of halogens is 3. The van der Waals surface area contributed by atoms with Crippen LogP contribution in [0.2, 0.25) is 0 Å². The first-order valence-electron chi connectivity index (χ1n) is 7.99. The van der Waals surface area contributed by atoms with Gasteiger partial charge in [0.15, 0.2) is 23.1 Å². The quantitative estimate of drug-likeness (QED) is 0.304. The van der Waals surface area contributed by atoms with Gasteiger partial charge in [-0.1, -0.05) is 0 Å². The second-order valence-corrected chi connectivity index (χ2v) is 5.56. The van der Waals surface area contributed by atoms with Crippen LogP contribution in [-0.2, 0) is 4.74 Å². The number of hydrogen-bond donors (Lipinski definition) is 1. The first-order chi connectivity index (χ1) is 13.3. The molecule has 0 amide bonds. The zero-order chi connectivity index (χ0) is 20.4. The summed E-state index contributed by atoms with van der Waals surface area (Å²) in [7, 11) is 0. The SMILES string of the molecule is CCOC(=O)c1[nH]c(-c2ccc([N+](=O)[O-])cc2)nc1-c1ccc(F)c(F)c1F. The first kappa shape index (κ1) is 19.1. The summed E-state index contributed by atoms with van der Waals surface area (Å²) in [6, 6.07) is 6.85. The molecule has 1 N–H and O–H groups in total. The van der Waals surface area contributed by atoms with Gasteiger partial charge in [0.2, 0.25) is 0 Å². The fourth-order valence-corrected chi connectivity index (χ4v) is 2.51. The molecule has 1 aromatic heterocycles. The highest BCUT2D eigenvalue weighted by Gasteiger charge is 2.25. The first-order valence-corrected chi connectivity index (χ1v) is 7.99. The van der Waals surface area contributed by atoms with Gasteiger partial charge in [-0.3, -0.25) is 10.1 Å². The molecule has 0 bridgehead atoms. The van der Waals surface area contributed by atoms with Gasteiger partial charge in [-0.2, -0.15) is 0 Å². The number of nitro benzene ring substituents is 1. The van der Waals surface area contributed by atoms with Crippen molar-refractivity contribution in [1.29, 1.82) is 0 Å². The number of ether oxygens (including phenoxy) is 1. The van der Waals surface area contributed by atoms with E-state index in [0.29, 0.717) is 11.6 Å². The third-order valence-corrected chi connectivity index (χ3v) is 3.83. The number of non-ortho nitro benzene ring substituents is 1. The molecule has 3 aromatic rings. The number of nitro groups is 1. The van der Waals surface area contributed by atoms with Gasteiger partial charge in [-0.05, 0) is 31.2 Å². The number of carbonyl (C=O) groups is 1. The molecule has 0 unspecified atom stereocenters. The second kappa shape index (κ2) is 7.51. The molecule has 1 heterocycles. The number of aromatic amines is 1. The van der Waals surface area contributed by atoms with Crippen LogP contribution in [0.4, 0.5) is 18.9 Å². The van der Waals surface area contributed by atoms with Crippen LogP contribution >= 0.6 is 0 Å². The maximum atomic E-state index is 14.2. The zero-order valence-corrected chi connectivity index (χ0v) is 14.3. The summed E-state index contributed by atoms with van der Waals surface area (Å²) in [6.45, 7) is 1.58. The number of hydrogen-bond acceptors (Lipinski definition) is 5. The van der Waals surface area contributed by atoms with Crippen molar-refractivity contribution in [3.63, 3.8) is 0 Å². The number of benzene rings is 2. The molecule has 0 saturated heterocycles. The second-order valence-electron chi connectivity index (χ2n) is 5.56. The van der Waals surface area contributed by atoms with E-state index in [-0.39, 0.29) is 29.5 Å². The number of aromatic nitrogens is 2. The number of nitrogens with one attached hydrogen (secondary N) is 1. The van der Waals surface area contributed by atoms with Crippen LogP contribution in [-0.4, -0.2) is 27.5 Å². The molecular weight excluding hydrogens is 379 g/mol. The zero-order valence-electron chi connectivity index (χ0n) is 14.3. The third-order valence-electron chi connectivity index (χ3n) is 3.83. The van der Waals surface area contributed by atoms with Crippen LogP contribution < -0.4 is 0 Å². The Morgan fingerprint density at radius 2 is 1.82 bits per heavy atom. The minimum atomic E-state index is -1.70. The maximum Gasteiger partial charge on any atom is 0.357 e. The molecule has 144 valence electrons. The maximum absolute atomic E-state index is 14.2. The minimum absolute atomic E-state index is 0.0183. The lowest BCUT2D eigenvalue weighted by atomic mass is 10.1. The molecule has 0 saturated carbocycles. The molecule has 3 rings (SSSR count). The molecule has 28 heavy (non-hydrogen) atoms. The van der Waals surface area contributed by atoms with Gasteiger partial charge in [-0.25, -0.2) is 22.9 Å². The predicted molar refractivity (Wildman–Crippen MR) is 91.9 cm³/mol. The Morgan fingerprint density at radius 1 is 1.14 bits per heavy atom. The highest BCUT2D eigenvalue weighted by Crippen LogP contribution is 2.31. The molecule has 0 atom stereocenters. The third kappa shape index (κ3) is 3.43. The van der Waals surface area contributed by atoms with Crippen molar-refractivity contribution in [2.75, 3.05) is 6.61 Å². The normalized spacial score (nSPS) is 10.7. The van der Waals surface area contributed by atoms with Gasteiger partial charge in [-0.15, -0.1) is 0 Å². The van der Waals surface area contributed by atoms with Crippen LogP contribution in [0.25, 0.3) is 22.6 Å². The number of nitrogens with zero attached hydrogens (tertiary/aromatic N) is 2. The molecule has 0 spiro atoms. The monoisotopic (exact) mass is 391 g/mol. The molecular formula is C18H12F3N3O4. The average molecular weight is 391 g/mol. The van der Waals surface area contributed by atoms with E-state index in [0.717, 1.165) is 6.07 Å². The lowest BCUT2D eigenvalue weighted by Crippen LogP contribution is -2.07. The molecule has 0 fully saturated rings. The van der Waals surface area contributed by atoms with Crippen molar-refractivity contribution in [2.45, 2.75) is 6.92 Å². The predicted octanol–water partition coefficient (Wildman–Crippen LogP) is 4.25. The minimum Gasteiger partial charge on any atom is -0.461 e. The van der Waals surface area contributed by atoms with Crippen molar-refractivity contribution < 1.29 is 27.6 Å². The van der Waals surface area contributed by atoms with Crippen LogP contribution in [0.1, 0.15) is 17.4 Å². The average Bonchev–Trinajstić information content (AvgIpc) is 3.12. The van der Waals surface area contributed by atoms with Gasteiger partial charge in [0, 0.05) is 23.3 Å². The fourth-order valence-electron chi connectivity index (χ4n) is 2.51. The topological polar surface area (TPSA) is 98.1 Å². The van der Waals surface area contributed by atoms with Crippen molar-refractivity contribution in [1.82, 2.24) is 9.97 Å². The Bertz CT molecular complexity index is 1060. The number of esters is 1. The van der Waals surface area contributed by atoms with E-state index in [4.69, 9.17) is 4.74 Å². The van der Waals surface area contributed by atoms with Crippen LogP contribution in [0.15, 0.2) is 36.4 Å². The van der Waals surface area contributed by atoms with Crippen molar-refractivity contribution in [3.05, 3.63) is 69.7 Å². The fraction of sp³-hybridized carbons (Fsp3) is 0.111. The molecule has 10 heteroatoms. The van der Waals surface area contributed by atoms with Crippen molar-refractivity contribution >= 4 is 11.7 Å². The highest BCUT2D eigenvalue weighted by atomic mass is 19.2. The molecule has 0 aliphatic heterocycles. The van der Waals surface area contributed by atoms with Crippen molar-refractivity contribution in [3.8, 4) is 22.6 Å². The lowest BCUT2D eigenvalue weighted by molar-refractivity contribution is -0.384. The standard InChI is InChI=1S/C18H12F3N3O4/c1-2-28-18(25)16-15(11-7-8-12(19)14(21)13(11)20)22-17(23-16)9-3-5-10(6-4-9)24(26)27/h3-8H,2H2,1H3,(H,22,23). The molecule has 0 aliphatic carbocycles. The summed E-state index contributed by atoms with van der Waals surface area (Å²) in [5.41, 5.74) is -0.784. The van der Waals surface area contributed by atoms with Crippen LogP contribution in [0, 0.1) is 27.6 Å². The van der Waals surface area contributed by atoms with Gasteiger partial charge in [0.1, 0.15) is 11.5 Å². The Balaban J connectivity index is 2.15. The van der Waals surface area contributed by atoms with E-state index in [1.807, 2.05) is 0 Å². The summed E-state index contributed by atoms with van der Waals surface area (Å²) in [6.07, 6.45) is 0. The van der Waals surface area contributed by atoms with Gasteiger partial charge in [0.25, 0.3) is 5.69 Å². The molecule has 0 aliphatic rings. The Hall–Kier alpha value is -3.69. The Morgan fingerprint density at radius 3 is 2.43 bits per heavy atom. The Kier molecular flexibility index (Phi) is 5.12. The van der Waals surface area contributed by atoms with Crippen LogP contribution in [0.3, 0.4) is 0 Å². The van der Waals surface area contributed by atoms with Crippen molar-refractivity contribution in [2.24, 2.45) is 0 Å². The lowest BCUT2D eigenvalue weighted by Gasteiger charge is -2.05. The van der Waals surface area contributed by atoms with Gasteiger partial charge >= 0.3 is 5.97 Å².